The van der Waals surface area contributed by atoms with Crippen molar-refractivity contribution in [3.63, 3.8) is 0 Å². The maximum Gasteiger partial charge on any atom is 0.164 e. The van der Waals surface area contributed by atoms with Gasteiger partial charge in [-0.2, -0.15) is 5.10 Å². The summed E-state index contributed by atoms with van der Waals surface area (Å²) in [6.45, 7) is 2.31. The van der Waals surface area contributed by atoms with Gasteiger partial charge < -0.3 is 5.32 Å². The Balaban J connectivity index is 2.12. The molecular formula is C12H13Cl2FN4. The van der Waals surface area contributed by atoms with Crippen molar-refractivity contribution >= 4 is 23.2 Å². The zero-order valence-electron chi connectivity index (χ0n) is 10.5. The van der Waals surface area contributed by atoms with Gasteiger partial charge in [-0.05, 0) is 19.1 Å². The largest absolute Gasteiger partial charge is 0.303 e. The molecule has 0 saturated heterocycles. The number of hydrogen-bond donors (Lipinski definition) is 1. The highest BCUT2D eigenvalue weighted by Crippen LogP contribution is 2.32. The van der Waals surface area contributed by atoms with Gasteiger partial charge in [0, 0.05) is 23.7 Å². The number of hydrogen-bond acceptors (Lipinski definition) is 3. The Kier molecular flexibility index (Phi) is 4.39. The Morgan fingerprint density at radius 3 is 2.79 bits per heavy atom. The van der Waals surface area contributed by atoms with Crippen molar-refractivity contribution in [2.24, 2.45) is 7.05 Å². The minimum absolute atomic E-state index is 0.0430. The molecule has 1 atom stereocenters. The highest BCUT2D eigenvalue weighted by molar-refractivity contribution is 6.36. The lowest BCUT2D eigenvalue weighted by atomic mass is 10.1. The van der Waals surface area contributed by atoms with E-state index in [9.17, 15) is 4.39 Å². The zero-order chi connectivity index (χ0) is 14.0. The fraction of sp³-hybridized carbons (Fsp3) is 0.333. The average Bonchev–Trinajstić information content (AvgIpc) is 2.78. The van der Waals surface area contributed by atoms with Gasteiger partial charge in [-0.25, -0.2) is 9.37 Å². The molecule has 0 fully saturated rings. The van der Waals surface area contributed by atoms with E-state index in [1.54, 1.807) is 18.1 Å². The average molecular weight is 303 g/mol. The van der Waals surface area contributed by atoms with Gasteiger partial charge in [-0.3, -0.25) is 4.68 Å². The first-order chi connectivity index (χ1) is 8.99. The molecule has 7 heteroatoms. The molecule has 0 bridgehead atoms. The van der Waals surface area contributed by atoms with Crippen molar-refractivity contribution < 1.29 is 4.39 Å². The Hall–Kier alpha value is -1.17. The summed E-state index contributed by atoms with van der Waals surface area (Å²) in [5.41, 5.74) is 0.541. The van der Waals surface area contributed by atoms with Gasteiger partial charge in [-0.15, -0.1) is 0 Å². The van der Waals surface area contributed by atoms with Crippen molar-refractivity contribution in [2.75, 3.05) is 0 Å². The molecule has 1 N–H and O–H groups in total. The number of nitrogens with zero attached hydrogens (tertiary/aromatic N) is 3. The van der Waals surface area contributed by atoms with Gasteiger partial charge in [0.15, 0.2) is 5.82 Å². The molecule has 0 aliphatic rings. The summed E-state index contributed by atoms with van der Waals surface area (Å²) >= 11 is 12.0. The third kappa shape index (κ3) is 3.23. The van der Waals surface area contributed by atoms with E-state index in [4.69, 9.17) is 23.2 Å². The predicted molar refractivity (Wildman–Crippen MR) is 72.7 cm³/mol. The van der Waals surface area contributed by atoms with E-state index < -0.39 is 5.82 Å². The quantitative estimate of drug-likeness (QED) is 0.883. The maximum atomic E-state index is 13.4. The first kappa shape index (κ1) is 14.2. The summed E-state index contributed by atoms with van der Waals surface area (Å²) in [4.78, 5) is 4.09. The fourth-order valence-electron chi connectivity index (χ4n) is 1.75. The molecule has 1 heterocycles. The minimum atomic E-state index is -0.481. The van der Waals surface area contributed by atoms with Crippen molar-refractivity contribution in [3.8, 4) is 0 Å². The van der Waals surface area contributed by atoms with Crippen LogP contribution in [-0.4, -0.2) is 14.8 Å². The second-order valence-corrected chi connectivity index (χ2v) is 4.98. The Bertz CT molecular complexity index is 585. The molecule has 0 aliphatic carbocycles. The third-order valence-corrected chi connectivity index (χ3v) is 3.44. The summed E-state index contributed by atoms with van der Waals surface area (Å²) in [7, 11) is 1.79. The van der Waals surface area contributed by atoms with E-state index in [0.29, 0.717) is 23.0 Å². The van der Waals surface area contributed by atoms with Crippen LogP contribution in [0.1, 0.15) is 24.4 Å². The molecule has 1 unspecified atom stereocenters. The van der Waals surface area contributed by atoms with E-state index in [1.807, 2.05) is 6.92 Å². The van der Waals surface area contributed by atoms with Gasteiger partial charge in [0.1, 0.15) is 12.1 Å². The second kappa shape index (κ2) is 5.86. The van der Waals surface area contributed by atoms with Gasteiger partial charge in [-0.1, -0.05) is 23.2 Å². The summed E-state index contributed by atoms with van der Waals surface area (Å²) in [5, 5.41) is 7.78. The van der Waals surface area contributed by atoms with Gasteiger partial charge in [0.2, 0.25) is 0 Å². The molecule has 0 saturated carbocycles. The monoisotopic (exact) mass is 302 g/mol. The van der Waals surface area contributed by atoms with E-state index >= 15 is 0 Å². The number of aromatic nitrogens is 3. The molecule has 19 heavy (non-hydrogen) atoms. The van der Waals surface area contributed by atoms with Crippen LogP contribution in [0, 0.1) is 5.82 Å². The maximum absolute atomic E-state index is 13.4. The molecule has 4 nitrogen and oxygen atoms in total. The molecule has 1 aromatic carbocycles. The van der Waals surface area contributed by atoms with Crippen LogP contribution in [0.25, 0.3) is 0 Å². The Morgan fingerprint density at radius 1 is 1.42 bits per heavy atom. The van der Waals surface area contributed by atoms with Crippen LogP contribution in [0.5, 0.6) is 0 Å². The number of nitrogens with one attached hydrogen (secondary N) is 1. The highest BCUT2D eigenvalue weighted by Gasteiger charge is 2.17. The van der Waals surface area contributed by atoms with Crippen molar-refractivity contribution in [3.05, 3.63) is 45.7 Å². The normalized spacial score (nSPS) is 12.7. The molecule has 0 spiro atoms. The topological polar surface area (TPSA) is 42.7 Å². The van der Waals surface area contributed by atoms with E-state index in [0.717, 1.165) is 0 Å². The summed E-state index contributed by atoms with van der Waals surface area (Å²) in [5.74, 6) is 0.170. The summed E-state index contributed by atoms with van der Waals surface area (Å²) in [6.07, 6.45) is 1.61. The van der Waals surface area contributed by atoms with Crippen LogP contribution >= 0.6 is 23.2 Å². The lowest BCUT2D eigenvalue weighted by molar-refractivity contribution is 0.550. The predicted octanol–water partition coefficient (Wildman–Crippen LogP) is 3.11. The fourth-order valence-corrected chi connectivity index (χ4v) is 2.45. The lowest BCUT2D eigenvalue weighted by Crippen LogP contribution is -2.20. The van der Waals surface area contributed by atoms with E-state index in [2.05, 4.69) is 15.4 Å². The summed E-state index contributed by atoms with van der Waals surface area (Å²) in [6, 6.07) is 2.54. The minimum Gasteiger partial charge on any atom is -0.303 e. The highest BCUT2D eigenvalue weighted by atomic mass is 35.5. The van der Waals surface area contributed by atoms with Crippen LogP contribution in [-0.2, 0) is 13.6 Å². The number of benzene rings is 1. The third-order valence-electron chi connectivity index (χ3n) is 2.73. The van der Waals surface area contributed by atoms with Crippen LogP contribution in [0.3, 0.4) is 0 Å². The first-order valence-electron chi connectivity index (χ1n) is 5.70. The van der Waals surface area contributed by atoms with Gasteiger partial charge >= 0.3 is 0 Å². The molecule has 2 aromatic rings. The van der Waals surface area contributed by atoms with E-state index in [1.165, 1.54) is 12.1 Å². The molecule has 0 amide bonds. The Labute approximate surface area is 120 Å². The SMILES string of the molecule is CC(NCc1ncn(C)n1)c1c(Cl)ccc(F)c1Cl. The number of aryl methyl sites for hydroxylation is 1. The second-order valence-electron chi connectivity index (χ2n) is 4.19. The van der Waals surface area contributed by atoms with Gasteiger partial charge in [0.25, 0.3) is 0 Å². The molecule has 1 aromatic heterocycles. The van der Waals surface area contributed by atoms with Crippen LogP contribution < -0.4 is 5.32 Å². The first-order valence-corrected chi connectivity index (χ1v) is 6.46. The number of halogens is 3. The molecule has 0 radical (unpaired) electrons. The van der Waals surface area contributed by atoms with Crippen LogP contribution in [0.2, 0.25) is 10.0 Å². The zero-order valence-corrected chi connectivity index (χ0v) is 12.0. The number of rotatable bonds is 4. The lowest BCUT2D eigenvalue weighted by Gasteiger charge is -2.16. The van der Waals surface area contributed by atoms with Gasteiger partial charge in [0.05, 0.1) is 11.6 Å². The van der Waals surface area contributed by atoms with Crippen LogP contribution in [0.4, 0.5) is 4.39 Å². The smallest absolute Gasteiger partial charge is 0.164 e. The van der Waals surface area contributed by atoms with Crippen molar-refractivity contribution in [2.45, 2.75) is 19.5 Å². The summed E-state index contributed by atoms with van der Waals surface area (Å²) < 4.78 is 15.1. The molecular weight excluding hydrogens is 290 g/mol. The molecule has 0 aliphatic heterocycles. The van der Waals surface area contributed by atoms with Crippen molar-refractivity contribution in [1.29, 1.82) is 0 Å². The molecule has 2 rings (SSSR count). The van der Waals surface area contributed by atoms with E-state index in [-0.39, 0.29) is 11.1 Å². The standard InChI is InChI=1S/C12H13Cl2FN4/c1-7(16-5-10-17-6-19(2)18-10)11-8(13)3-4-9(15)12(11)14/h3-4,6-7,16H,5H2,1-2H3. The van der Waals surface area contributed by atoms with Crippen LogP contribution in [0.15, 0.2) is 18.5 Å². The Morgan fingerprint density at radius 2 is 2.16 bits per heavy atom. The molecule has 102 valence electrons. The van der Waals surface area contributed by atoms with Crippen molar-refractivity contribution in [1.82, 2.24) is 20.1 Å².